The molecule has 0 aliphatic heterocycles. The van der Waals surface area contributed by atoms with Crippen molar-refractivity contribution in [2.24, 2.45) is 0 Å². The molecule has 2 aromatic rings. The van der Waals surface area contributed by atoms with Crippen molar-refractivity contribution in [3.63, 3.8) is 0 Å². The van der Waals surface area contributed by atoms with E-state index in [4.69, 9.17) is 0 Å². The summed E-state index contributed by atoms with van der Waals surface area (Å²) < 4.78 is 0. The molecule has 0 saturated heterocycles. The minimum Gasteiger partial charge on any atom is -0.261 e. The highest BCUT2D eigenvalue weighted by atomic mass is 14.7. The van der Waals surface area contributed by atoms with E-state index in [2.05, 4.69) is 34.2 Å². The van der Waals surface area contributed by atoms with Crippen LogP contribution in [0.15, 0.2) is 48.8 Å². The highest BCUT2D eigenvalue weighted by Gasteiger charge is 2.28. The SMILES string of the molecule is c1ccc(C2CCCCCC2c2ccccn2)nc1. The third-order valence-corrected chi connectivity index (χ3v) is 4.15. The van der Waals surface area contributed by atoms with Gasteiger partial charge in [-0.3, -0.25) is 9.97 Å². The van der Waals surface area contributed by atoms with Gasteiger partial charge in [-0.05, 0) is 37.1 Å². The summed E-state index contributed by atoms with van der Waals surface area (Å²) in [4.78, 5) is 9.18. The molecule has 0 aromatic carbocycles. The van der Waals surface area contributed by atoms with Gasteiger partial charge in [0.15, 0.2) is 0 Å². The van der Waals surface area contributed by atoms with Crippen LogP contribution in [-0.2, 0) is 0 Å². The van der Waals surface area contributed by atoms with Crippen LogP contribution in [0.1, 0.15) is 55.3 Å². The van der Waals surface area contributed by atoms with Gasteiger partial charge in [0.1, 0.15) is 0 Å². The van der Waals surface area contributed by atoms with Crippen LogP contribution < -0.4 is 0 Å². The van der Waals surface area contributed by atoms with E-state index in [9.17, 15) is 0 Å². The van der Waals surface area contributed by atoms with E-state index in [-0.39, 0.29) is 0 Å². The Morgan fingerprint density at radius 1 is 0.684 bits per heavy atom. The molecular formula is C17H20N2. The summed E-state index contributed by atoms with van der Waals surface area (Å²) in [6.45, 7) is 0. The Balaban J connectivity index is 1.94. The summed E-state index contributed by atoms with van der Waals surface area (Å²) in [5, 5.41) is 0. The van der Waals surface area contributed by atoms with E-state index in [1.54, 1.807) is 0 Å². The van der Waals surface area contributed by atoms with Gasteiger partial charge < -0.3 is 0 Å². The van der Waals surface area contributed by atoms with Crippen molar-refractivity contribution in [1.82, 2.24) is 9.97 Å². The van der Waals surface area contributed by atoms with Crippen LogP contribution in [0.4, 0.5) is 0 Å². The fraction of sp³-hybridized carbons (Fsp3) is 0.412. The second-order valence-corrected chi connectivity index (χ2v) is 5.36. The van der Waals surface area contributed by atoms with Crippen molar-refractivity contribution in [2.45, 2.75) is 43.9 Å². The van der Waals surface area contributed by atoms with E-state index in [0.29, 0.717) is 11.8 Å². The maximum atomic E-state index is 4.59. The summed E-state index contributed by atoms with van der Waals surface area (Å²) in [5.41, 5.74) is 2.47. The van der Waals surface area contributed by atoms with Crippen LogP contribution >= 0.6 is 0 Å². The fourth-order valence-corrected chi connectivity index (χ4v) is 3.21. The highest BCUT2D eigenvalue weighted by Crippen LogP contribution is 2.41. The van der Waals surface area contributed by atoms with Crippen LogP contribution in [0.3, 0.4) is 0 Å². The second kappa shape index (κ2) is 5.96. The third kappa shape index (κ3) is 2.83. The number of hydrogen-bond acceptors (Lipinski definition) is 2. The summed E-state index contributed by atoms with van der Waals surface area (Å²) in [7, 11) is 0. The Bertz CT molecular complexity index is 448. The highest BCUT2D eigenvalue weighted by molar-refractivity contribution is 5.20. The molecule has 19 heavy (non-hydrogen) atoms. The van der Waals surface area contributed by atoms with Gasteiger partial charge in [-0.25, -0.2) is 0 Å². The molecule has 0 N–H and O–H groups in total. The number of hydrogen-bond donors (Lipinski definition) is 0. The summed E-state index contributed by atoms with van der Waals surface area (Å²) in [6, 6.07) is 12.5. The summed E-state index contributed by atoms with van der Waals surface area (Å²) >= 11 is 0. The van der Waals surface area contributed by atoms with Gasteiger partial charge in [0.25, 0.3) is 0 Å². The Labute approximate surface area is 114 Å². The first-order valence-electron chi connectivity index (χ1n) is 7.27. The molecule has 2 atom stereocenters. The van der Waals surface area contributed by atoms with Gasteiger partial charge in [-0.2, -0.15) is 0 Å². The van der Waals surface area contributed by atoms with Gasteiger partial charge in [0.2, 0.25) is 0 Å². The minimum absolute atomic E-state index is 0.526. The van der Waals surface area contributed by atoms with Crippen LogP contribution in [0.25, 0.3) is 0 Å². The number of aromatic nitrogens is 2. The maximum absolute atomic E-state index is 4.59. The average Bonchev–Trinajstić information content (AvgIpc) is 2.75. The molecule has 0 radical (unpaired) electrons. The van der Waals surface area contributed by atoms with Gasteiger partial charge in [0.05, 0.1) is 0 Å². The first kappa shape index (κ1) is 12.3. The van der Waals surface area contributed by atoms with Gasteiger partial charge in [0, 0.05) is 35.6 Å². The Morgan fingerprint density at radius 2 is 1.21 bits per heavy atom. The Kier molecular flexibility index (Phi) is 3.87. The lowest BCUT2D eigenvalue weighted by atomic mass is 9.82. The zero-order valence-electron chi connectivity index (χ0n) is 11.2. The first-order chi connectivity index (χ1) is 9.45. The first-order valence-corrected chi connectivity index (χ1v) is 7.27. The lowest BCUT2D eigenvalue weighted by Gasteiger charge is -2.24. The van der Waals surface area contributed by atoms with Crippen LogP contribution in [0.2, 0.25) is 0 Å². The average molecular weight is 252 g/mol. The predicted octanol–water partition coefficient (Wildman–Crippen LogP) is 4.31. The summed E-state index contributed by atoms with van der Waals surface area (Å²) in [5.74, 6) is 1.05. The molecule has 2 nitrogen and oxygen atoms in total. The lowest BCUT2D eigenvalue weighted by molar-refractivity contribution is 0.490. The zero-order valence-corrected chi connectivity index (χ0v) is 11.2. The van der Waals surface area contributed by atoms with E-state index in [1.807, 2.05) is 24.5 Å². The van der Waals surface area contributed by atoms with Crippen molar-refractivity contribution < 1.29 is 0 Å². The molecule has 0 bridgehead atoms. The van der Waals surface area contributed by atoms with E-state index >= 15 is 0 Å². The normalized spacial score (nSPS) is 23.8. The van der Waals surface area contributed by atoms with Crippen molar-refractivity contribution in [2.75, 3.05) is 0 Å². The number of nitrogens with zero attached hydrogens (tertiary/aromatic N) is 2. The lowest BCUT2D eigenvalue weighted by Crippen LogP contribution is -2.12. The second-order valence-electron chi connectivity index (χ2n) is 5.36. The predicted molar refractivity (Wildman–Crippen MR) is 77.0 cm³/mol. The molecule has 1 saturated carbocycles. The standard InChI is InChI=1S/C17H20N2/c1-2-8-14(16-10-4-6-12-18-16)15(9-3-1)17-11-5-7-13-19-17/h4-7,10-15H,1-3,8-9H2. The molecule has 0 spiro atoms. The van der Waals surface area contributed by atoms with Crippen molar-refractivity contribution >= 4 is 0 Å². The van der Waals surface area contributed by atoms with E-state index in [0.717, 1.165) is 0 Å². The fourth-order valence-electron chi connectivity index (χ4n) is 3.21. The molecule has 2 heteroatoms. The summed E-state index contributed by atoms with van der Waals surface area (Å²) in [6.07, 6.45) is 10.3. The van der Waals surface area contributed by atoms with Gasteiger partial charge in [-0.1, -0.05) is 31.4 Å². The van der Waals surface area contributed by atoms with Crippen LogP contribution in [0, 0.1) is 0 Å². The van der Waals surface area contributed by atoms with Gasteiger partial charge >= 0.3 is 0 Å². The van der Waals surface area contributed by atoms with Crippen LogP contribution in [-0.4, -0.2) is 9.97 Å². The topological polar surface area (TPSA) is 25.8 Å². The van der Waals surface area contributed by atoms with Crippen molar-refractivity contribution in [3.05, 3.63) is 60.2 Å². The van der Waals surface area contributed by atoms with E-state index in [1.165, 1.54) is 43.5 Å². The number of pyridine rings is 2. The largest absolute Gasteiger partial charge is 0.261 e. The Hall–Kier alpha value is -1.70. The van der Waals surface area contributed by atoms with Crippen molar-refractivity contribution in [3.8, 4) is 0 Å². The molecule has 1 fully saturated rings. The molecule has 98 valence electrons. The van der Waals surface area contributed by atoms with Gasteiger partial charge in [-0.15, -0.1) is 0 Å². The molecule has 1 aliphatic carbocycles. The molecule has 3 rings (SSSR count). The van der Waals surface area contributed by atoms with Crippen molar-refractivity contribution in [1.29, 1.82) is 0 Å². The molecule has 2 heterocycles. The number of rotatable bonds is 2. The third-order valence-electron chi connectivity index (χ3n) is 4.15. The minimum atomic E-state index is 0.526. The maximum Gasteiger partial charge on any atom is 0.0441 e. The molecule has 2 unspecified atom stereocenters. The molecule has 1 aliphatic rings. The quantitative estimate of drug-likeness (QED) is 0.744. The van der Waals surface area contributed by atoms with Crippen LogP contribution in [0.5, 0.6) is 0 Å². The molecular weight excluding hydrogens is 232 g/mol. The Morgan fingerprint density at radius 3 is 1.63 bits per heavy atom. The molecule has 0 amide bonds. The van der Waals surface area contributed by atoms with E-state index < -0.39 is 0 Å². The smallest absolute Gasteiger partial charge is 0.0441 e. The monoisotopic (exact) mass is 252 g/mol. The zero-order chi connectivity index (χ0) is 12.9. The molecule has 2 aromatic heterocycles.